The highest BCUT2D eigenvalue weighted by molar-refractivity contribution is 5.94. The van der Waals surface area contributed by atoms with Crippen molar-refractivity contribution < 1.29 is 19.6 Å². The standard InChI is InChI=1S/C13H19N3O5/c1-8(2)15-6-9(16(20)21)5-10(15)11(17)14-7-13(3,4)12(18)19/h5-6,8H,7H2,1-4H3,(H,14,17)(H,18,19). The number of nitrogens with zero attached hydrogens (tertiary/aromatic N) is 2. The van der Waals surface area contributed by atoms with Gasteiger partial charge in [-0.05, 0) is 27.7 Å². The molecular weight excluding hydrogens is 278 g/mol. The zero-order chi connectivity index (χ0) is 16.4. The minimum absolute atomic E-state index is 0.0712. The predicted molar refractivity (Wildman–Crippen MR) is 75.2 cm³/mol. The number of carboxylic acids is 1. The van der Waals surface area contributed by atoms with Crippen molar-refractivity contribution in [3.63, 3.8) is 0 Å². The SMILES string of the molecule is CC(C)n1cc([N+](=O)[O-])cc1C(=O)NCC(C)(C)C(=O)O. The Morgan fingerprint density at radius 1 is 1.48 bits per heavy atom. The number of aromatic nitrogens is 1. The van der Waals surface area contributed by atoms with E-state index in [0.29, 0.717) is 0 Å². The van der Waals surface area contributed by atoms with Crippen molar-refractivity contribution in [1.29, 1.82) is 0 Å². The Morgan fingerprint density at radius 3 is 2.48 bits per heavy atom. The number of carbonyl (C=O) groups is 2. The first-order valence-electron chi connectivity index (χ1n) is 6.44. The lowest BCUT2D eigenvalue weighted by Crippen LogP contribution is -2.39. The summed E-state index contributed by atoms with van der Waals surface area (Å²) in [6.45, 7) is 6.49. The topological polar surface area (TPSA) is 114 Å². The van der Waals surface area contributed by atoms with Crippen LogP contribution in [0.25, 0.3) is 0 Å². The van der Waals surface area contributed by atoms with E-state index in [1.54, 1.807) is 13.8 Å². The molecule has 8 heteroatoms. The van der Waals surface area contributed by atoms with Gasteiger partial charge in [0.2, 0.25) is 0 Å². The maximum absolute atomic E-state index is 12.1. The van der Waals surface area contributed by atoms with Crippen LogP contribution in [0, 0.1) is 15.5 Å². The summed E-state index contributed by atoms with van der Waals surface area (Å²) in [5.41, 5.74) is -1.15. The molecule has 1 amide bonds. The van der Waals surface area contributed by atoms with Crippen molar-refractivity contribution in [3.8, 4) is 0 Å². The first kappa shape index (κ1) is 16.7. The Labute approximate surface area is 121 Å². The lowest BCUT2D eigenvalue weighted by molar-refractivity contribution is -0.384. The van der Waals surface area contributed by atoms with Crippen LogP contribution in [0.15, 0.2) is 12.3 Å². The molecule has 0 atom stereocenters. The van der Waals surface area contributed by atoms with Gasteiger partial charge in [-0.1, -0.05) is 0 Å². The third kappa shape index (κ3) is 3.80. The van der Waals surface area contributed by atoms with Crippen LogP contribution in [-0.4, -0.2) is 33.0 Å². The van der Waals surface area contributed by atoms with Gasteiger partial charge in [-0.15, -0.1) is 0 Å². The molecule has 0 saturated carbocycles. The Bertz CT molecular complexity index is 574. The van der Waals surface area contributed by atoms with E-state index in [1.807, 2.05) is 0 Å². The second-order valence-corrected chi connectivity index (χ2v) is 5.71. The average Bonchev–Trinajstić information content (AvgIpc) is 2.81. The van der Waals surface area contributed by atoms with Crippen LogP contribution in [-0.2, 0) is 4.79 Å². The smallest absolute Gasteiger partial charge is 0.310 e. The highest BCUT2D eigenvalue weighted by Crippen LogP contribution is 2.21. The molecule has 1 heterocycles. The zero-order valence-electron chi connectivity index (χ0n) is 12.4. The van der Waals surface area contributed by atoms with Gasteiger partial charge in [0.25, 0.3) is 11.6 Å². The maximum atomic E-state index is 12.1. The van der Waals surface area contributed by atoms with Crippen LogP contribution in [0.1, 0.15) is 44.2 Å². The van der Waals surface area contributed by atoms with Crippen LogP contribution in [0.4, 0.5) is 5.69 Å². The van der Waals surface area contributed by atoms with Crippen LogP contribution in [0.2, 0.25) is 0 Å². The van der Waals surface area contributed by atoms with Gasteiger partial charge in [-0.25, -0.2) is 0 Å². The molecule has 0 bridgehead atoms. The van der Waals surface area contributed by atoms with Crippen molar-refractivity contribution in [1.82, 2.24) is 9.88 Å². The largest absolute Gasteiger partial charge is 0.481 e. The minimum atomic E-state index is -1.11. The lowest BCUT2D eigenvalue weighted by Gasteiger charge is -2.20. The Morgan fingerprint density at radius 2 is 2.05 bits per heavy atom. The summed E-state index contributed by atoms with van der Waals surface area (Å²) in [6, 6.07) is 1.05. The fourth-order valence-corrected chi connectivity index (χ4v) is 1.64. The number of carbonyl (C=O) groups excluding carboxylic acids is 1. The maximum Gasteiger partial charge on any atom is 0.310 e. The molecule has 0 fully saturated rings. The molecule has 0 spiro atoms. The fraction of sp³-hybridized carbons (Fsp3) is 0.538. The molecule has 21 heavy (non-hydrogen) atoms. The summed E-state index contributed by atoms with van der Waals surface area (Å²) in [6.07, 6.45) is 1.29. The van der Waals surface area contributed by atoms with Crippen LogP contribution < -0.4 is 5.32 Å². The van der Waals surface area contributed by atoms with Gasteiger partial charge in [0.15, 0.2) is 0 Å². The van der Waals surface area contributed by atoms with Gasteiger partial charge < -0.3 is 15.0 Å². The average molecular weight is 297 g/mol. The van der Waals surface area contributed by atoms with E-state index in [0.717, 1.165) is 0 Å². The number of hydrogen-bond donors (Lipinski definition) is 2. The van der Waals surface area contributed by atoms with Crippen molar-refractivity contribution in [2.75, 3.05) is 6.54 Å². The van der Waals surface area contributed by atoms with Crippen molar-refractivity contribution >= 4 is 17.6 Å². The van der Waals surface area contributed by atoms with Crippen molar-refractivity contribution in [2.24, 2.45) is 5.41 Å². The van der Waals surface area contributed by atoms with Gasteiger partial charge in [-0.3, -0.25) is 19.7 Å². The molecule has 8 nitrogen and oxygen atoms in total. The van der Waals surface area contributed by atoms with E-state index >= 15 is 0 Å². The second kappa shape index (κ2) is 5.94. The summed E-state index contributed by atoms with van der Waals surface area (Å²) >= 11 is 0. The zero-order valence-corrected chi connectivity index (χ0v) is 12.4. The molecule has 2 N–H and O–H groups in total. The Balaban J connectivity index is 2.97. The second-order valence-electron chi connectivity index (χ2n) is 5.71. The highest BCUT2D eigenvalue weighted by Gasteiger charge is 2.29. The van der Waals surface area contributed by atoms with E-state index in [1.165, 1.54) is 30.7 Å². The van der Waals surface area contributed by atoms with Gasteiger partial charge >= 0.3 is 5.97 Å². The molecule has 0 saturated heterocycles. The van der Waals surface area contributed by atoms with Crippen LogP contribution >= 0.6 is 0 Å². The molecule has 0 aromatic carbocycles. The molecule has 0 aliphatic heterocycles. The van der Waals surface area contributed by atoms with E-state index in [-0.39, 0.29) is 24.0 Å². The molecular formula is C13H19N3O5. The number of rotatable bonds is 6. The minimum Gasteiger partial charge on any atom is -0.481 e. The predicted octanol–water partition coefficient (Wildman–Crippen LogP) is 1.82. The molecule has 0 aliphatic carbocycles. The third-order valence-electron chi connectivity index (χ3n) is 3.10. The van der Waals surface area contributed by atoms with Crippen molar-refractivity contribution in [2.45, 2.75) is 33.7 Å². The van der Waals surface area contributed by atoms with E-state index < -0.39 is 22.2 Å². The summed E-state index contributed by atoms with van der Waals surface area (Å²) in [7, 11) is 0. The Kier molecular flexibility index (Phi) is 4.72. The number of hydrogen-bond acceptors (Lipinski definition) is 4. The number of amides is 1. The number of nitrogens with one attached hydrogen (secondary N) is 1. The first-order chi connectivity index (χ1) is 9.56. The molecule has 0 unspecified atom stereocenters. The Hall–Kier alpha value is -2.38. The van der Waals surface area contributed by atoms with Crippen molar-refractivity contribution in [3.05, 3.63) is 28.1 Å². The fourth-order valence-electron chi connectivity index (χ4n) is 1.64. The summed E-state index contributed by atoms with van der Waals surface area (Å²) < 4.78 is 1.49. The molecule has 1 rings (SSSR count). The van der Waals surface area contributed by atoms with E-state index in [2.05, 4.69) is 5.32 Å². The molecule has 1 aromatic heterocycles. The quantitative estimate of drug-likeness (QED) is 0.614. The highest BCUT2D eigenvalue weighted by atomic mass is 16.6. The summed E-state index contributed by atoms with van der Waals surface area (Å²) in [4.78, 5) is 33.3. The lowest BCUT2D eigenvalue weighted by atomic mass is 9.94. The van der Waals surface area contributed by atoms with Gasteiger partial charge in [0, 0.05) is 18.7 Å². The van der Waals surface area contributed by atoms with E-state index in [4.69, 9.17) is 5.11 Å². The van der Waals surface area contributed by atoms with Gasteiger partial charge in [-0.2, -0.15) is 0 Å². The molecule has 0 radical (unpaired) electrons. The molecule has 116 valence electrons. The molecule has 0 aliphatic rings. The third-order valence-corrected chi connectivity index (χ3v) is 3.10. The first-order valence-corrected chi connectivity index (χ1v) is 6.44. The number of carboxylic acid groups (broad SMARTS) is 1. The van der Waals surface area contributed by atoms with Crippen LogP contribution in [0.3, 0.4) is 0 Å². The summed E-state index contributed by atoms with van der Waals surface area (Å²) in [5.74, 6) is -1.57. The molecule has 1 aromatic rings. The van der Waals surface area contributed by atoms with Gasteiger partial charge in [0.05, 0.1) is 16.5 Å². The van der Waals surface area contributed by atoms with Gasteiger partial charge in [0.1, 0.15) is 5.69 Å². The monoisotopic (exact) mass is 297 g/mol. The normalized spacial score (nSPS) is 11.5. The number of nitro groups is 1. The number of aliphatic carboxylic acids is 1. The summed E-state index contributed by atoms with van der Waals surface area (Å²) in [5, 5.41) is 22.3. The van der Waals surface area contributed by atoms with Crippen LogP contribution in [0.5, 0.6) is 0 Å². The van der Waals surface area contributed by atoms with E-state index in [9.17, 15) is 19.7 Å².